The van der Waals surface area contributed by atoms with Gasteiger partial charge in [0.25, 0.3) is 0 Å². The second kappa shape index (κ2) is 12.3. The third-order valence-electron chi connectivity index (χ3n) is 8.22. The van der Waals surface area contributed by atoms with E-state index in [9.17, 15) is 14.0 Å². The fourth-order valence-electron chi connectivity index (χ4n) is 6.15. The Hall–Kier alpha value is -4.74. The Morgan fingerprint density at radius 2 is 1.67 bits per heavy atom. The number of carbonyl (C=O) groups excluding carboxylic acids is 1. The lowest BCUT2D eigenvalue weighted by atomic mass is 10.0. The zero-order valence-electron chi connectivity index (χ0n) is 26.4. The molecule has 45 heavy (non-hydrogen) atoms. The molecule has 0 aliphatic carbocycles. The number of carbonyl (C=O) groups is 1. The van der Waals surface area contributed by atoms with Crippen molar-refractivity contribution in [1.29, 1.82) is 0 Å². The van der Waals surface area contributed by atoms with Gasteiger partial charge in [0, 0.05) is 42.8 Å². The molecule has 2 atom stereocenters. The highest BCUT2D eigenvalue weighted by Gasteiger charge is 2.34. The number of nitrogen functional groups attached to an aromatic ring is 1. The zero-order valence-corrected chi connectivity index (χ0v) is 26.4. The second-order valence-corrected chi connectivity index (χ2v) is 12.2. The van der Waals surface area contributed by atoms with E-state index < -0.39 is 17.3 Å². The lowest BCUT2D eigenvalue weighted by molar-refractivity contribution is -0.130. The largest absolute Gasteiger partial charge is 0.398 e. The maximum atomic E-state index is 16.0. The molecule has 3 aromatic heterocycles. The number of amides is 1. The molecule has 0 unspecified atom stereocenters. The van der Waals surface area contributed by atoms with Crippen molar-refractivity contribution in [1.82, 2.24) is 29.4 Å². The fourth-order valence-corrected chi connectivity index (χ4v) is 6.15. The van der Waals surface area contributed by atoms with E-state index in [1.807, 2.05) is 46.4 Å². The van der Waals surface area contributed by atoms with Gasteiger partial charge in [0.05, 0.1) is 28.2 Å². The molecule has 1 aromatic carbocycles. The Labute approximate surface area is 260 Å². The summed E-state index contributed by atoms with van der Waals surface area (Å²) in [6.45, 7) is 15.9. The monoisotopic (exact) mass is 616 g/mol. The lowest BCUT2D eigenvalue weighted by Gasteiger charge is -2.44. The molecule has 0 bridgehead atoms. The lowest BCUT2D eigenvalue weighted by Crippen LogP contribution is -2.58. The molecule has 2 N–H and O–H groups in total. The van der Waals surface area contributed by atoms with Crippen molar-refractivity contribution in [2.75, 3.05) is 23.7 Å². The van der Waals surface area contributed by atoms with E-state index in [1.165, 1.54) is 35.2 Å². The molecule has 0 saturated carbocycles. The molecule has 12 heteroatoms. The number of piperazine rings is 1. The minimum Gasteiger partial charge on any atom is -0.398 e. The molecule has 10 nitrogen and oxygen atoms in total. The third kappa shape index (κ3) is 5.76. The van der Waals surface area contributed by atoms with Crippen molar-refractivity contribution < 1.29 is 13.6 Å². The molecule has 4 aromatic rings. The number of fused-ring (bicyclic) bond motifs is 1. The van der Waals surface area contributed by atoms with E-state index in [0.29, 0.717) is 30.2 Å². The van der Waals surface area contributed by atoms with Gasteiger partial charge in [-0.1, -0.05) is 40.3 Å². The van der Waals surface area contributed by atoms with Crippen LogP contribution in [-0.4, -0.2) is 60.5 Å². The number of rotatable bonds is 7. The van der Waals surface area contributed by atoms with Crippen molar-refractivity contribution in [3.8, 4) is 5.69 Å². The molecule has 236 valence electrons. The second-order valence-electron chi connectivity index (χ2n) is 12.2. The molecule has 1 aliphatic rings. The number of benzene rings is 1. The van der Waals surface area contributed by atoms with Gasteiger partial charge in [-0.05, 0) is 50.0 Å². The van der Waals surface area contributed by atoms with E-state index in [2.05, 4.69) is 21.5 Å². The zero-order chi connectivity index (χ0) is 32.7. The molecular formula is C33H38F2N8O2. The van der Waals surface area contributed by atoms with Crippen molar-refractivity contribution in [3.05, 3.63) is 88.0 Å². The topological polar surface area (TPSA) is 123 Å². The maximum absolute atomic E-state index is 16.0. The van der Waals surface area contributed by atoms with Crippen LogP contribution in [0.2, 0.25) is 0 Å². The fraction of sp³-hybridized carbons (Fsp3) is 0.394. The summed E-state index contributed by atoms with van der Waals surface area (Å²) in [5.74, 6) is -1.43. The average Bonchev–Trinajstić information content (AvgIpc) is 2.98. The number of hydrogen-bond acceptors (Lipinski definition) is 8. The van der Waals surface area contributed by atoms with Gasteiger partial charge in [0.1, 0.15) is 23.8 Å². The van der Waals surface area contributed by atoms with Crippen molar-refractivity contribution in [2.24, 2.45) is 0 Å². The summed E-state index contributed by atoms with van der Waals surface area (Å²) in [6.07, 6.45) is 2.51. The SMILES string of the molecule is C=CC(=O)N1[C@H](C)CN(c2nc(=O)n(-c3c(C(C)C)ncnc3C(C)C)c3nc(Cc4c(N)cccc4F)c(F)cc23)C[C@@H]1C. The van der Waals surface area contributed by atoms with Gasteiger partial charge < -0.3 is 15.5 Å². The standard InChI is InChI=1S/C33H38F2N8O2/c1-8-27(44)42-19(6)14-41(15-20(42)7)31-22-12-24(35)26(13-21-23(34)10-9-11-25(21)36)39-32(22)43(33(45)40-31)30-28(17(2)3)37-16-38-29(30)18(4)5/h8-12,16-20H,1,13-15,36H2,2-7H3/t19-,20+. The first-order valence-corrected chi connectivity index (χ1v) is 15.0. The van der Waals surface area contributed by atoms with Crippen LogP contribution in [0.3, 0.4) is 0 Å². The maximum Gasteiger partial charge on any atom is 0.355 e. The Morgan fingerprint density at radius 3 is 2.22 bits per heavy atom. The molecule has 1 aliphatic heterocycles. The van der Waals surface area contributed by atoms with Crippen LogP contribution >= 0.6 is 0 Å². The van der Waals surface area contributed by atoms with Crippen LogP contribution in [0.25, 0.3) is 16.7 Å². The van der Waals surface area contributed by atoms with E-state index in [4.69, 9.17) is 10.7 Å². The number of nitrogens with zero attached hydrogens (tertiary/aromatic N) is 7. The van der Waals surface area contributed by atoms with Gasteiger partial charge in [-0.2, -0.15) is 4.98 Å². The Bertz CT molecular complexity index is 1800. The van der Waals surface area contributed by atoms with Crippen molar-refractivity contribution in [3.63, 3.8) is 0 Å². The van der Waals surface area contributed by atoms with Crippen LogP contribution < -0.4 is 16.3 Å². The number of pyridine rings is 1. The average molecular weight is 617 g/mol. The van der Waals surface area contributed by atoms with Crippen LogP contribution in [0.15, 0.2) is 48.0 Å². The molecular weight excluding hydrogens is 578 g/mol. The highest BCUT2D eigenvalue weighted by Crippen LogP contribution is 2.33. The molecule has 5 rings (SSSR count). The summed E-state index contributed by atoms with van der Waals surface area (Å²) < 4.78 is 32.1. The highest BCUT2D eigenvalue weighted by atomic mass is 19.1. The van der Waals surface area contributed by atoms with Crippen LogP contribution in [0.5, 0.6) is 0 Å². The Kier molecular flexibility index (Phi) is 8.68. The number of hydrogen-bond donors (Lipinski definition) is 1. The van der Waals surface area contributed by atoms with Gasteiger partial charge in [0.2, 0.25) is 5.91 Å². The van der Waals surface area contributed by atoms with Crippen LogP contribution in [0, 0.1) is 11.6 Å². The summed E-state index contributed by atoms with van der Waals surface area (Å²) in [7, 11) is 0. The summed E-state index contributed by atoms with van der Waals surface area (Å²) in [5, 5.41) is 0.286. The Balaban J connectivity index is 1.81. The number of halogens is 2. The van der Waals surface area contributed by atoms with E-state index in [1.54, 1.807) is 11.0 Å². The van der Waals surface area contributed by atoms with Crippen LogP contribution in [0.4, 0.5) is 20.3 Å². The number of nitrogens with two attached hydrogens (primary N) is 1. The first-order valence-electron chi connectivity index (χ1n) is 15.0. The third-order valence-corrected chi connectivity index (χ3v) is 8.22. The molecule has 0 radical (unpaired) electrons. The molecule has 1 fully saturated rings. The van der Waals surface area contributed by atoms with Crippen molar-refractivity contribution >= 4 is 28.4 Å². The number of aromatic nitrogens is 5. The van der Waals surface area contributed by atoms with Crippen LogP contribution in [0.1, 0.15) is 76.0 Å². The van der Waals surface area contributed by atoms with Gasteiger partial charge in [-0.25, -0.2) is 33.1 Å². The summed E-state index contributed by atoms with van der Waals surface area (Å²) in [5.41, 5.74) is 7.40. The van der Waals surface area contributed by atoms with E-state index >= 15 is 4.39 Å². The molecule has 0 spiro atoms. The van der Waals surface area contributed by atoms with Gasteiger partial charge in [0.15, 0.2) is 5.65 Å². The summed E-state index contributed by atoms with van der Waals surface area (Å²) in [6, 6.07) is 5.07. The molecule has 1 saturated heterocycles. The molecule has 1 amide bonds. The normalized spacial score (nSPS) is 17.0. The van der Waals surface area contributed by atoms with Crippen molar-refractivity contribution in [2.45, 2.75) is 71.9 Å². The van der Waals surface area contributed by atoms with Gasteiger partial charge in [-0.15, -0.1) is 0 Å². The van der Waals surface area contributed by atoms with Crippen LogP contribution in [-0.2, 0) is 11.2 Å². The summed E-state index contributed by atoms with van der Waals surface area (Å²) >= 11 is 0. The Morgan fingerprint density at radius 1 is 1.04 bits per heavy atom. The summed E-state index contributed by atoms with van der Waals surface area (Å²) in [4.78, 5) is 48.6. The van der Waals surface area contributed by atoms with E-state index in [0.717, 1.165) is 0 Å². The van der Waals surface area contributed by atoms with E-state index in [-0.39, 0.29) is 70.0 Å². The smallest absolute Gasteiger partial charge is 0.355 e. The predicted molar refractivity (Wildman–Crippen MR) is 171 cm³/mol. The first-order chi connectivity index (χ1) is 21.3. The number of anilines is 2. The quantitative estimate of drug-likeness (QED) is 0.230. The predicted octanol–water partition coefficient (Wildman–Crippen LogP) is 4.88. The molecule has 4 heterocycles. The van der Waals surface area contributed by atoms with Gasteiger partial charge >= 0.3 is 5.69 Å². The minimum absolute atomic E-state index is 0.0817. The van der Waals surface area contributed by atoms with Gasteiger partial charge in [-0.3, -0.25) is 4.79 Å². The first kappa shape index (κ1) is 31.7. The highest BCUT2D eigenvalue weighted by molar-refractivity contribution is 5.90. The minimum atomic E-state index is -0.697.